The number of benzene rings is 1. The van der Waals surface area contributed by atoms with Crippen LogP contribution in [0.3, 0.4) is 0 Å². The summed E-state index contributed by atoms with van der Waals surface area (Å²) in [4.78, 5) is 8.53. The van der Waals surface area contributed by atoms with Gasteiger partial charge in [0.15, 0.2) is 0 Å². The second-order valence-electron chi connectivity index (χ2n) is 4.32. The SMILES string of the molecule is Clc1cc(Oc2cccc(Cl)c2Cl)nc(C2CC2)n1. The Morgan fingerprint density at radius 1 is 1.11 bits per heavy atom. The Labute approximate surface area is 125 Å². The lowest BCUT2D eigenvalue weighted by Crippen LogP contribution is -1.96. The predicted octanol–water partition coefficient (Wildman–Crippen LogP) is 5.11. The molecule has 1 aliphatic rings. The van der Waals surface area contributed by atoms with E-state index in [2.05, 4.69) is 9.97 Å². The molecule has 0 atom stereocenters. The summed E-state index contributed by atoms with van der Waals surface area (Å²) in [7, 11) is 0. The highest BCUT2D eigenvalue weighted by Crippen LogP contribution is 2.40. The summed E-state index contributed by atoms with van der Waals surface area (Å²) in [5.74, 6) is 1.95. The summed E-state index contributed by atoms with van der Waals surface area (Å²) < 4.78 is 5.64. The van der Waals surface area contributed by atoms with Gasteiger partial charge in [-0.2, -0.15) is 4.98 Å². The van der Waals surface area contributed by atoms with Crippen LogP contribution in [0.25, 0.3) is 0 Å². The summed E-state index contributed by atoms with van der Waals surface area (Å²) in [5, 5.41) is 1.15. The Bertz CT molecular complexity index is 629. The summed E-state index contributed by atoms with van der Waals surface area (Å²) in [5.41, 5.74) is 0. The van der Waals surface area contributed by atoms with Crippen LogP contribution >= 0.6 is 34.8 Å². The lowest BCUT2D eigenvalue weighted by molar-refractivity contribution is 0.459. The van der Waals surface area contributed by atoms with Gasteiger partial charge < -0.3 is 4.74 Å². The van der Waals surface area contributed by atoms with Crippen LogP contribution in [-0.4, -0.2) is 9.97 Å². The van der Waals surface area contributed by atoms with Gasteiger partial charge in [0.05, 0.1) is 5.02 Å². The molecule has 3 nitrogen and oxygen atoms in total. The second-order valence-corrected chi connectivity index (χ2v) is 5.49. The molecule has 98 valence electrons. The maximum atomic E-state index is 6.06. The molecule has 0 amide bonds. The Hall–Kier alpha value is -1.03. The van der Waals surface area contributed by atoms with Crippen molar-refractivity contribution in [2.75, 3.05) is 0 Å². The number of nitrogens with zero attached hydrogens (tertiary/aromatic N) is 2. The molecular weight excluding hydrogens is 307 g/mol. The minimum Gasteiger partial charge on any atom is -0.437 e. The molecule has 0 spiro atoms. The Morgan fingerprint density at radius 3 is 2.63 bits per heavy atom. The molecule has 1 fully saturated rings. The topological polar surface area (TPSA) is 35.0 Å². The number of hydrogen-bond acceptors (Lipinski definition) is 3. The van der Waals surface area contributed by atoms with E-state index in [1.807, 2.05) is 0 Å². The van der Waals surface area contributed by atoms with E-state index in [9.17, 15) is 0 Å². The van der Waals surface area contributed by atoms with Crippen LogP contribution in [-0.2, 0) is 0 Å². The highest BCUT2D eigenvalue weighted by molar-refractivity contribution is 6.42. The van der Waals surface area contributed by atoms with Crippen molar-refractivity contribution in [3.05, 3.63) is 45.3 Å². The molecule has 2 aromatic rings. The van der Waals surface area contributed by atoms with E-state index in [0.717, 1.165) is 18.7 Å². The molecule has 0 radical (unpaired) electrons. The zero-order chi connectivity index (χ0) is 13.4. The molecule has 1 aliphatic carbocycles. The van der Waals surface area contributed by atoms with Crippen LogP contribution in [0, 0.1) is 0 Å². The van der Waals surface area contributed by atoms with Crippen LogP contribution in [0.2, 0.25) is 15.2 Å². The fourth-order valence-electron chi connectivity index (χ4n) is 1.67. The third-order valence-corrected chi connectivity index (χ3v) is 3.76. The van der Waals surface area contributed by atoms with Gasteiger partial charge in [-0.3, -0.25) is 0 Å². The molecule has 0 bridgehead atoms. The van der Waals surface area contributed by atoms with Crippen molar-refractivity contribution >= 4 is 34.8 Å². The molecule has 1 saturated carbocycles. The maximum Gasteiger partial charge on any atom is 0.224 e. The summed E-state index contributed by atoms with van der Waals surface area (Å²) in [6.07, 6.45) is 2.19. The highest BCUT2D eigenvalue weighted by atomic mass is 35.5. The van der Waals surface area contributed by atoms with E-state index in [1.54, 1.807) is 24.3 Å². The van der Waals surface area contributed by atoms with Crippen molar-refractivity contribution < 1.29 is 4.74 Å². The van der Waals surface area contributed by atoms with Crippen molar-refractivity contribution in [1.29, 1.82) is 0 Å². The lowest BCUT2D eigenvalue weighted by Gasteiger charge is -2.08. The number of hydrogen-bond donors (Lipinski definition) is 0. The number of halogens is 3. The molecule has 0 aliphatic heterocycles. The summed E-state index contributed by atoms with van der Waals surface area (Å²) >= 11 is 18.0. The third-order valence-electron chi connectivity index (χ3n) is 2.76. The van der Waals surface area contributed by atoms with Gasteiger partial charge in [0.25, 0.3) is 0 Å². The number of aromatic nitrogens is 2. The van der Waals surface area contributed by atoms with E-state index < -0.39 is 0 Å². The monoisotopic (exact) mass is 314 g/mol. The second kappa shape index (κ2) is 5.16. The zero-order valence-electron chi connectivity index (χ0n) is 9.74. The number of rotatable bonds is 3. The minimum absolute atomic E-state index is 0.354. The Morgan fingerprint density at radius 2 is 1.89 bits per heavy atom. The number of ether oxygens (including phenoxy) is 1. The zero-order valence-corrected chi connectivity index (χ0v) is 12.0. The van der Waals surface area contributed by atoms with E-state index in [4.69, 9.17) is 39.5 Å². The smallest absolute Gasteiger partial charge is 0.224 e. The molecule has 6 heteroatoms. The first-order valence-electron chi connectivity index (χ1n) is 5.80. The van der Waals surface area contributed by atoms with Gasteiger partial charge >= 0.3 is 0 Å². The van der Waals surface area contributed by atoms with Crippen molar-refractivity contribution in [2.45, 2.75) is 18.8 Å². The first-order valence-corrected chi connectivity index (χ1v) is 6.93. The Balaban J connectivity index is 1.92. The van der Waals surface area contributed by atoms with Crippen LogP contribution in [0.5, 0.6) is 11.6 Å². The maximum absolute atomic E-state index is 6.06. The quantitative estimate of drug-likeness (QED) is 0.739. The summed E-state index contributed by atoms with van der Waals surface area (Å²) in [6.45, 7) is 0. The normalized spacial score (nSPS) is 14.5. The van der Waals surface area contributed by atoms with Gasteiger partial charge in [0.2, 0.25) is 5.88 Å². The standard InChI is InChI=1S/C13H9Cl3N2O/c14-8-2-1-3-9(12(8)16)19-11-6-10(15)17-13(18-11)7-4-5-7/h1-3,6-7H,4-5H2. The van der Waals surface area contributed by atoms with E-state index >= 15 is 0 Å². The predicted molar refractivity (Wildman–Crippen MR) is 75.6 cm³/mol. The first-order chi connectivity index (χ1) is 9.13. The van der Waals surface area contributed by atoms with E-state index in [0.29, 0.717) is 32.7 Å². The molecule has 0 unspecified atom stereocenters. The molecule has 3 rings (SSSR count). The van der Waals surface area contributed by atoms with E-state index in [-0.39, 0.29) is 0 Å². The van der Waals surface area contributed by atoms with Crippen molar-refractivity contribution in [3.63, 3.8) is 0 Å². The largest absolute Gasteiger partial charge is 0.437 e. The van der Waals surface area contributed by atoms with Gasteiger partial charge in [-0.05, 0) is 25.0 Å². The molecular formula is C13H9Cl3N2O. The molecule has 1 heterocycles. The average Bonchev–Trinajstić information content (AvgIpc) is 3.18. The molecule has 1 aromatic carbocycles. The van der Waals surface area contributed by atoms with Crippen molar-refractivity contribution in [3.8, 4) is 11.6 Å². The fourth-order valence-corrected chi connectivity index (χ4v) is 2.18. The lowest BCUT2D eigenvalue weighted by atomic mass is 10.3. The highest BCUT2D eigenvalue weighted by Gasteiger charge is 2.27. The first kappa shape index (κ1) is 13.0. The van der Waals surface area contributed by atoms with E-state index in [1.165, 1.54) is 0 Å². The van der Waals surface area contributed by atoms with Crippen LogP contribution in [0.1, 0.15) is 24.6 Å². The molecule has 0 N–H and O–H groups in total. The van der Waals surface area contributed by atoms with Gasteiger partial charge in [0, 0.05) is 12.0 Å². The van der Waals surface area contributed by atoms with Gasteiger partial charge in [-0.1, -0.05) is 40.9 Å². The van der Waals surface area contributed by atoms with Crippen molar-refractivity contribution in [2.24, 2.45) is 0 Å². The van der Waals surface area contributed by atoms with Crippen LogP contribution < -0.4 is 4.74 Å². The minimum atomic E-state index is 0.354. The average molecular weight is 316 g/mol. The molecule has 19 heavy (non-hydrogen) atoms. The summed E-state index contributed by atoms with van der Waals surface area (Å²) in [6, 6.07) is 6.74. The van der Waals surface area contributed by atoms with Crippen molar-refractivity contribution in [1.82, 2.24) is 9.97 Å². The van der Waals surface area contributed by atoms with Gasteiger partial charge in [0.1, 0.15) is 21.7 Å². The Kier molecular flexibility index (Phi) is 3.52. The third kappa shape index (κ3) is 2.94. The van der Waals surface area contributed by atoms with Gasteiger partial charge in [-0.25, -0.2) is 4.98 Å². The molecule has 1 aromatic heterocycles. The van der Waals surface area contributed by atoms with Gasteiger partial charge in [-0.15, -0.1) is 0 Å². The van der Waals surface area contributed by atoms with Crippen LogP contribution in [0.4, 0.5) is 0 Å². The van der Waals surface area contributed by atoms with Crippen LogP contribution in [0.15, 0.2) is 24.3 Å². The fraction of sp³-hybridized carbons (Fsp3) is 0.231. The molecule has 0 saturated heterocycles.